The molecular weight excluding hydrogens is 882 g/mol. The third kappa shape index (κ3) is 34.3. The van der Waals surface area contributed by atoms with Crippen LogP contribution in [0.4, 0.5) is 4.39 Å². The molecule has 8 saturated heterocycles. The first-order valence-electron chi connectivity index (χ1n) is 27.9. The van der Waals surface area contributed by atoms with E-state index in [1.54, 1.807) is 0 Å². The second-order valence-electron chi connectivity index (χ2n) is 21.2. The number of alkyl halides is 1. The molecule has 0 aromatic heterocycles. The predicted octanol–water partition coefficient (Wildman–Crippen LogP) is 1.57. The van der Waals surface area contributed by atoms with Gasteiger partial charge in [0.2, 0.25) is 0 Å². The van der Waals surface area contributed by atoms with Crippen LogP contribution >= 0.6 is 0 Å². The number of hydrogen-bond donors (Lipinski definition) is 8. The highest BCUT2D eigenvalue weighted by Gasteiger charge is 2.25. The van der Waals surface area contributed by atoms with Gasteiger partial charge in [-0.05, 0) is 71.4 Å². The van der Waals surface area contributed by atoms with E-state index < -0.39 is 0 Å². The minimum Gasteiger partial charge on any atom is -0.325 e. The van der Waals surface area contributed by atoms with Gasteiger partial charge in [0.25, 0.3) is 0 Å². The van der Waals surface area contributed by atoms with E-state index in [0.717, 1.165) is 111 Å². The summed E-state index contributed by atoms with van der Waals surface area (Å²) < 4.78 is 11.5. The van der Waals surface area contributed by atoms with E-state index in [2.05, 4.69) is 77.0 Å². The molecule has 8 fully saturated rings. The van der Waals surface area contributed by atoms with Crippen LogP contribution in [0.2, 0.25) is 0 Å². The molecule has 70 heavy (non-hydrogen) atoms. The second kappa shape index (κ2) is 43.1. The van der Waals surface area contributed by atoms with Crippen LogP contribution in [0.1, 0.15) is 120 Å². The lowest BCUT2D eigenvalue weighted by Gasteiger charge is -2.36. The Morgan fingerprint density at radius 3 is 0.800 bits per heavy atom. The molecule has 17 nitrogen and oxygen atoms in total. The highest BCUT2D eigenvalue weighted by atomic mass is 19.1. The molecule has 0 aromatic rings. The van der Waals surface area contributed by atoms with Gasteiger partial charge in [-0.2, -0.15) is 5.26 Å². The Hall–Kier alpha value is -1.22. The molecule has 0 aromatic carbocycles. The largest absolute Gasteiger partial charge is 0.325 e. The predicted molar refractivity (Wildman–Crippen MR) is 298 cm³/mol. The first kappa shape index (κ1) is 68.8. The molecular formula is C52H118FN17. The van der Waals surface area contributed by atoms with Crippen LogP contribution in [0.15, 0.2) is 0 Å². The van der Waals surface area contributed by atoms with Crippen LogP contribution in [0, 0.1) is 11.3 Å². The normalized spacial score (nSPS) is 22.0. The summed E-state index contributed by atoms with van der Waals surface area (Å²) in [4.78, 5) is 18.4. The zero-order chi connectivity index (χ0) is 51.4. The minimum atomic E-state index is -0.243. The van der Waals surface area contributed by atoms with E-state index in [9.17, 15) is 4.39 Å². The zero-order valence-corrected chi connectivity index (χ0v) is 45.6. The van der Waals surface area contributed by atoms with Crippen molar-refractivity contribution in [2.24, 2.45) is 45.9 Å². The molecule has 418 valence electrons. The lowest BCUT2D eigenvalue weighted by Crippen LogP contribution is -2.56. The number of hydrogen-bond acceptors (Lipinski definition) is 17. The summed E-state index contributed by atoms with van der Waals surface area (Å²) in [5, 5.41) is 8.16. The van der Waals surface area contributed by atoms with Crippen LogP contribution in [0.3, 0.4) is 0 Å². The molecule has 8 heterocycles. The van der Waals surface area contributed by atoms with Gasteiger partial charge in [0.1, 0.15) is 6.67 Å². The summed E-state index contributed by atoms with van der Waals surface area (Å²) in [6, 6.07) is 5.53. The van der Waals surface area contributed by atoms with Gasteiger partial charge in [0.15, 0.2) is 0 Å². The standard InChI is InChI=1S/2C8H18N2.2C7H16N2.C6H14N2.C5H11FN2.C5H9N3.C5H12N2.CH4/c2*1-2-3-4-5-10-6-8(9)7-10;2*1-2-3-4-9-5-7(8)6-9;1-2-3-8-4-6(7)5-8;2*6-1-2-8-3-5(7)4-8;1-2-7-3-5(6)4-7;/h2*8H,2-7,9H2,1H3;2*7H,2-6,8H2,1H3;6H,2-5,7H2,1H3;5H,1-4,7H2;5H,2-4,7H2;5H,2-4,6H2,1H3;1H4. The topological polar surface area (TPSA) is 258 Å². The van der Waals surface area contributed by atoms with Gasteiger partial charge in [-0.3, -0.25) is 9.80 Å². The first-order chi connectivity index (χ1) is 33.1. The van der Waals surface area contributed by atoms with Crippen LogP contribution in [0.5, 0.6) is 0 Å². The summed E-state index contributed by atoms with van der Waals surface area (Å²) in [5.74, 6) is 0. The van der Waals surface area contributed by atoms with Gasteiger partial charge in [-0.1, -0.05) is 87.5 Å². The van der Waals surface area contributed by atoms with Crippen LogP contribution in [-0.4, -0.2) is 251 Å². The van der Waals surface area contributed by atoms with Gasteiger partial charge in [0.05, 0.1) is 12.6 Å². The summed E-state index contributed by atoms with van der Waals surface area (Å²) in [7, 11) is 0. The Bertz CT molecular complexity index is 1100. The smallest absolute Gasteiger partial charge is 0.102 e. The maximum atomic E-state index is 11.5. The van der Waals surface area contributed by atoms with Crippen molar-refractivity contribution >= 4 is 0 Å². The number of halogens is 1. The summed E-state index contributed by atoms with van der Waals surface area (Å²) in [6.45, 7) is 38.6. The number of likely N-dealkylation sites (N-methyl/N-ethyl adjacent to an activating group) is 1. The molecule has 0 saturated carbocycles. The number of unbranched alkanes of at least 4 members (excludes halogenated alkanes) is 6. The van der Waals surface area contributed by atoms with E-state index in [-0.39, 0.29) is 14.1 Å². The van der Waals surface area contributed by atoms with E-state index in [1.165, 1.54) is 103 Å². The Morgan fingerprint density at radius 1 is 0.343 bits per heavy atom. The number of rotatable bonds is 20. The number of nitriles is 1. The fourth-order valence-corrected chi connectivity index (χ4v) is 8.83. The zero-order valence-electron chi connectivity index (χ0n) is 45.6. The summed E-state index contributed by atoms with van der Waals surface area (Å²) >= 11 is 0. The van der Waals surface area contributed by atoms with Crippen molar-refractivity contribution in [2.45, 2.75) is 168 Å². The Morgan fingerprint density at radius 2 is 0.586 bits per heavy atom. The number of nitrogens with zero attached hydrogens (tertiary/aromatic N) is 9. The fourth-order valence-electron chi connectivity index (χ4n) is 8.83. The van der Waals surface area contributed by atoms with Gasteiger partial charge < -0.3 is 75.3 Å². The van der Waals surface area contributed by atoms with Crippen molar-refractivity contribution in [2.75, 3.05) is 164 Å². The highest BCUT2D eigenvalue weighted by molar-refractivity contribution is 4.89. The van der Waals surface area contributed by atoms with Gasteiger partial charge >= 0.3 is 0 Å². The first-order valence-corrected chi connectivity index (χ1v) is 27.9. The lowest BCUT2D eigenvalue weighted by molar-refractivity contribution is 0.140. The lowest BCUT2D eigenvalue weighted by atomic mass is 10.1. The van der Waals surface area contributed by atoms with Crippen molar-refractivity contribution in [1.29, 1.82) is 5.26 Å². The molecule has 8 aliphatic heterocycles. The van der Waals surface area contributed by atoms with Crippen molar-refractivity contribution in [3.63, 3.8) is 0 Å². The third-order valence-electron chi connectivity index (χ3n) is 13.4. The summed E-state index contributed by atoms with van der Waals surface area (Å²) in [5.41, 5.74) is 44.4. The average molecular weight is 1000 g/mol. The number of likely N-dealkylation sites (tertiary alicyclic amines) is 8. The van der Waals surface area contributed by atoms with Crippen LogP contribution in [0.25, 0.3) is 0 Å². The van der Waals surface area contributed by atoms with Gasteiger partial charge in [0, 0.05) is 160 Å². The molecule has 0 spiro atoms. The minimum absolute atomic E-state index is 0. The van der Waals surface area contributed by atoms with Crippen molar-refractivity contribution in [3.8, 4) is 6.07 Å². The van der Waals surface area contributed by atoms with E-state index >= 15 is 0 Å². The van der Waals surface area contributed by atoms with Crippen molar-refractivity contribution < 1.29 is 4.39 Å². The van der Waals surface area contributed by atoms with Gasteiger partial charge in [-0.25, -0.2) is 4.39 Å². The molecule has 0 unspecified atom stereocenters. The molecule has 0 atom stereocenters. The fraction of sp³-hybridized carbons (Fsp3) is 0.981. The quantitative estimate of drug-likeness (QED) is 0.0636. The Labute approximate surface area is 431 Å². The second-order valence-corrected chi connectivity index (χ2v) is 21.2. The molecule has 8 rings (SSSR count). The molecule has 0 radical (unpaired) electrons. The van der Waals surface area contributed by atoms with Crippen LogP contribution in [-0.2, 0) is 0 Å². The number of nitrogens with two attached hydrogens (primary N) is 8. The molecule has 16 N–H and O–H groups in total. The van der Waals surface area contributed by atoms with Crippen molar-refractivity contribution in [3.05, 3.63) is 0 Å². The Kier molecular flexibility index (Phi) is 42.3. The Balaban J connectivity index is 0.000000777. The molecule has 0 aliphatic carbocycles. The van der Waals surface area contributed by atoms with Gasteiger partial charge in [-0.15, -0.1) is 0 Å². The van der Waals surface area contributed by atoms with E-state index in [4.69, 9.17) is 51.1 Å². The SMILES string of the molecule is C.CCCCCN1CC(N)C1.CCCCCN1CC(N)C1.CCCCN1CC(N)C1.CCCCN1CC(N)C1.CCCN1CC(N)C1.CCN1CC(N)C1.N#CCN1CC(N)C1.NC1CN(CCF)C1. The maximum absolute atomic E-state index is 11.5. The molecule has 8 aliphatic rings. The van der Waals surface area contributed by atoms with E-state index in [0.29, 0.717) is 61.4 Å². The average Bonchev–Trinajstić information content (AvgIpc) is 3.24. The highest BCUT2D eigenvalue weighted by Crippen LogP contribution is 2.10. The molecule has 18 heteroatoms. The maximum Gasteiger partial charge on any atom is 0.102 e. The third-order valence-corrected chi connectivity index (χ3v) is 13.4. The van der Waals surface area contributed by atoms with Crippen LogP contribution < -0.4 is 45.9 Å². The molecule has 0 bridgehead atoms. The molecule has 0 amide bonds. The van der Waals surface area contributed by atoms with E-state index in [1.807, 2.05) is 9.80 Å². The summed E-state index contributed by atoms with van der Waals surface area (Å²) in [6.07, 6.45) is 14.6. The monoisotopic (exact) mass is 1000 g/mol. The van der Waals surface area contributed by atoms with Crippen molar-refractivity contribution in [1.82, 2.24) is 39.2 Å².